The largest absolute Gasteiger partial charge is 0.508 e. The molecule has 3 rings (SSSR count). The van der Waals surface area contributed by atoms with Crippen LogP contribution in [0.25, 0.3) is 0 Å². The molecule has 0 amide bonds. The Morgan fingerprint density at radius 3 is 3.12 bits per heavy atom. The Kier molecular flexibility index (Phi) is 2.23. The van der Waals surface area contributed by atoms with Crippen molar-refractivity contribution in [1.82, 2.24) is 4.90 Å². The molecule has 2 heterocycles. The lowest BCUT2D eigenvalue weighted by Crippen LogP contribution is -2.43. The highest BCUT2D eigenvalue weighted by molar-refractivity contribution is 7.99. The molecule has 2 atom stereocenters. The second-order valence-electron chi connectivity index (χ2n) is 5.16. The lowest BCUT2D eigenvalue weighted by atomic mass is 9.76. The summed E-state index contributed by atoms with van der Waals surface area (Å²) in [5.74, 6) is 1.57. The summed E-state index contributed by atoms with van der Waals surface area (Å²) in [6.45, 7) is 3.51. The molecule has 0 bridgehead atoms. The fourth-order valence-corrected chi connectivity index (χ4v) is 4.67. The number of thioether (sulfide) groups is 1. The van der Waals surface area contributed by atoms with Gasteiger partial charge >= 0.3 is 0 Å². The van der Waals surface area contributed by atoms with Crippen molar-refractivity contribution < 1.29 is 5.11 Å². The molecule has 1 aromatic rings. The Morgan fingerprint density at radius 2 is 2.31 bits per heavy atom. The third kappa shape index (κ3) is 1.31. The van der Waals surface area contributed by atoms with E-state index in [1.165, 1.54) is 22.6 Å². The van der Waals surface area contributed by atoms with Crippen LogP contribution in [0, 0.1) is 0 Å². The SMILES string of the molecule is CN1CCC2(C)c3cc(O)ccc3SCC12. The van der Waals surface area contributed by atoms with Crippen LogP contribution < -0.4 is 0 Å². The summed E-state index contributed by atoms with van der Waals surface area (Å²) in [6, 6.07) is 6.45. The Bertz CT molecular complexity index is 434. The molecule has 2 nitrogen and oxygen atoms in total. The van der Waals surface area contributed by atoms with E-state index in [0.29, 0.717) is 11.8 Å². The monoisotopic (exact) mass is 235 g/mol. The quantitative estimate of drug-likeness (QED) is 0.747. The standard InChI is InChI=1S/C13H17NOS/c1-13-5-6-14(2)12(13)8-16-11-4-3-9(15)7-10(11)13/h3-4,7,12,15H,5-6,8H2,1-2H3. The number of phenols is 1. The van der Waals surface area contributed by atoms with E-state index in [2.05, 4.69) is 24.9 Å². The average molecular weight is 235 g/mol. The first-order valence-electron chi connectivity index (χ1n) is 5.78. The van der Waals surface area contributed by atoms with Crippen molar-refractivity contribution in [1.29, 1.82) is 0 Å². The molecule has 2 aliphatic heterocycles. The highest BCUT2D eigenvalue weighted by Gasteiger charge is 2.46. The summed E-state index contributed by atoms with van der Waals surface area (Å²) in [4.78, 5) is 3.81. The van der Waals surface area contributed by atoms with Gasteiger partial charge in [-0.3, -0.25) is 0 Å². The predicted octanol–water partition coefficient (Wildman–Crippen LogP) is 2.46. The zero-order chi connectivity index (χ0) is 11.3. The van der Waals surface area contributed by atoms with Crippen molar-refractivity contribution in [3.05, 3.63) is 23.8 Å². The second kappa shape index (κ2) is 3.41. The van der Waals surface area contributed by atoms with Crippen LogP contribution in [-0.2, 0) is 5.41 Å². The molecule has 16 heavy (non-hydrogen) atoms. The number of benzene rings is 1. The van der Waals surface area contributed by atoms with Crippen LogP contribution in [0.2, 0.25) is 0 Å². The number of likely N-dealkylation sites (N-methyl/N-ethyl adjacent to an activating group) is 1. The van der Waals surface area contributed by atoms with Crippen LogP contribution in [0.4, 0.5) is 0 Å². The van der Waals surface area contributed by atoms with Gasteiger partial charge in [0.05, 0.1) is 0 Å². The molecular weight excluding hydrogens is 218 g/mol. The summed E-state index contributed by atoms with van der Waals surface area (Å²) >= 11 is 1.92. The van der Waals surface area contributed by atoms with Gasteiger partial charge in [-0.1, -0.05) is 6.92 Å². The molecule has 3 heteroatoms. The van der Waals surface area contributed by atoms with Crippen molar-refractivity contribution in [3.63, 3.8) is 0 Å². The third-order valence-electron chi connectivity index (χ3n) is 4.23. The number of hydrogen-bond acceptors (Lipinski definition) is 3. The maximum absolute atomic E-state index is 9.67. The predicted molar refractivity (Wildman–Crippen MR) is 67.2 cm³/mol. The molecule has 1 N–H and O–H groups in total. The van der Waals surface area contributed by atoms with E-state index in [0.717, 1.165) is 6.54 Å². The van der Waals surface area contributed by atoms with Gasteiger partial charge in [-0.25, -0.2) is 0 Å². The first-order valence-corrected chi connectivity index (χ1v) is 6.76. The van der Waals surface area contributed by atoms with Gasteiger partial charge < -0.3 is 10.0 Å². The molecule has 1 aromatic carbocycles. The maximum atomic E-state index is 9.67. The number of phenolic OH excluding ortho intramolecular Hbond substituents is 1. The molecule has 0 aromatic heterocycles. The smallest absolute Gasteiger partial charge is 0.115 e. The summed E-state index contributed by atoms with van der Waals surface area (Å²) in [5, 5.41) is 9.67. The van der Waals surface area contributed by atoms with Gasteiger partial charge in [-0.05, 0) is 43.8 Å². The van der Waals surface area contributed by atoms with E-state index in [4.69, 9.17) is 0 Å². The molecule has 0 spiro atoms. The Labute approximate surface area is 101 Å². The third-order valence-corrected chi connectivity index (χ3v) is 5.38. The minimum atomic E-state index is 0.230. The van der Waals surface area contributed by atoms with Gasteiger partial charge in [-0.2, -0.15) is 0 Å². The number of likely N-dealkylation sites (tertiary alicyclic amines) is 1. The number of nitrogens with zero attached hydrogens (tertiary/aromatic N) is 1. The van der Waals surface area contributed by atoms with Crippen LogP contribution >= 0.6 is 11.8 Å². The van der Waals surface area contributed by atoms with Crippen LogP contribution in [0.15, 0.2) is 23.1 Å². The minimum Gasteiger partial charge on any atom is -0.508 e. The molecular formula is C13H17NOS. The maximum Gasteiger partial charge on any atom is 0.115 e. The molecule has 2 aliphatic rings. The molecule has 0 saturated carbocycles. The normalized spacial score (nSPS) is 33.5. The zero-order valence-corrected chi connectivity index (χ0v) is 10.5. The van der Waals surface area contributed by atoms with Crippen LogP contribution in [0.3, 0.4) is 0 Å². The number of aromatic hydroxyl groups is 1. The number of rotatable bonds is 0. The van der Waals surface area contributed by atoms with E-state index in [9.17, 15) is 5.11 Å². The molecule has 0 radical (unpaired) electrons. The highest BCUT2D eigenvalue weighted by atomic mass is 32.2. The van der Waals surface area contributed by atoms with Gasteiger partial charge in [0.1, 0.15) is 5.75 Å². The lowest BCUT2D eigenvalue weighted by Gasteiger charge is -2.39. The van der Waals surface area contributed by atoms with Crippen LogP contribution in [0.5, 0.6) is 5.75 Å². The van der Waals surface area contributed by atoms with Gasteiger partial charge in [0.2, 0.25) is 0 Å². The van der Waals surface area contributed by atoms with Crippen molar-refractivity contribution in [2.45, 2.75) is 29.7 Å². The number of hydrogen-bond donors (Lipinski definition) is 1. The highest BCUT2D eigenvalue weighted by Crippen LogP contribution is 2.49. The second-order valence-corrected chi connectivity index (χ2v) is 6.22. The van der Waals surface area contributed by atoms with Crippen molar-refractivity contribution in [2.24, 2.45) is 0 Å². The first-order chi connectivity index (χ1) is 7.61. The molecule has 0 aliphatic carbocycles. The number of fused-ring (bicyclic) bond motifs is 3. The van der Waals surface area contributed by atoms with Crippen LogP contribution in [0.1, 0.15) is 18.9 Å². The first kappa shape index (κ1) is 10.5. The van der Waals surface area contributed by atoms with Gasteiger partial charge in [0.15, 0.2) is 0 Å². The van der Waals surface area contributed by atoms with E-state index in [1.807, 2.05) is 17.8 Å². The molecule has 1 saturated heterocycles. The Morgan fingerprint density at radius 1 is 1.50 bits per heavy atom. The minimum absolute atomic E-state index is 0.230. The van der Waals surface area contributed by atoms with E-state index in [1.54, 1.807) is 6.07 Å². The molecule has 2 unspecified atom stereocenters. The molecule has 1 fully saturated rings. The molecule has 86 valence electrons. The van der Waals surface area contributed by atoms with Gasteiger partial charge in [0.25, 0.3) is 0 Å². The topological polar surface area (TPSA) is 23.5 Å². The fraction of sp³-hybridized carbons (Fsp3) is 0.538. The van der Waals surface area contributed by atoms with Crippen molar-refractivity contribution >= 4 is 11.8 Å². The Balaban J connectivity index is 2.14. The zero-order valence-electron chi connectivity index (χ0n) is 9.73. The summed E-state index contributed by atoms with van der Waals surface area (Å²) in [5.41, 5.74) is 1.58. The van der Waals surface area contributed by atoms with E-state index >= 15 is 0 Å². The van der Waals surface area contributed by atoms with Gasteiger partial charge in [0, 0.05) is 22.1 Å². The lowest BCUT2D eigenvalue weighted by molar-refractivity contribution is 0.274. The Hall–Kier alpha value is -0.670. The summed E-state index contributed by atoms with van der Waals surface area (Å²) < 4.78 is 0. The average Bonchev–Trinajstić information content (AvgIpc) is 2.56. The van der Waals surface area contributed by atoms with Crippen molar-refractivity contribution in [2.75, 3.05) is 19.3 Å². The fourth-order valence-electron chi connectivity index (χ4n) is 3.10. The van der Waals surface area contributed by atoms with E-state index < -0.39 is 0 Å². The van der Waals surface area contributed by atoms with Gasteiger partial charge in [-0.15, -0.1) is 11.8 Å². The van der Waals surface area contributed by atoms with Crippen LogP contribution in [-0.4, -0.2) is 35.4 Å². The summed E-state index contributed by atoms with van der Waals surface area (Å²) in [6.07, 6.45) is 1.20. The van der Waals surface area contributed by atoms with Crippen molar-refractivity contribution in [3.8, 4) is 5.75 Å². The summed E-state index contributed by atoms with van der Waals surface area (Å²) in [7, 11) is 2.21. The van der Waals surface area contributed by atoms with E-state index in [-0.39, 0.29) is 5.41 Å².